The highest BCUT2D eigenvalue weighted by molar-refractivity contribution is 7.91. The Balaban J connectivity index is 2.35. The van der Waals surface area contributed by atoms with Crippen molar-refractivity contribution in [1.82, 2.24) is 0 Å². The van der Waals surface area contributed by atoms with Crippen LogP contribution in [0.3, 0.4) is 0 Å². The molecule has 98 valence electrons. The van der Waals surface area contributed by atoms with E-state index in [1.807, 2.05) is 0 Å². The number of hydrogen-bond donors (Lipinski definition) is 2. The molecule has 0 saturated heterocycles. The van der Waals surface area contributed by atoms with E-state index in [-0.39, 0.29) is 18.6 Å². The van der Waals surface area contributed by atoms with Crippen LogP contribution in [-0.4, -0.2) is 25.2 Å². The number of rotatable bonds is 4. The second-order valence-corrected chi connectivity index (χ2v) is 6.49. The first-order chi connectivity index (χ1) is 8.42. The quantitative estimate of drug-likeness (QED) is 0.845. The summed E-state index contributed by atoms with van der Waals surface area (Å²) in [6, 6.07) is 4.68. The Morgan fingerprint density at radius 2 is 2.17 bits per heavy atom. The number of hydrogen-bond acceptors (Lipinski definition) is 4. The third-order valence-electron chi connectivity index (χ3n) is 3.15. The summed E-state index contributed by atoms with van der Waals surface area (Å²) in [6.07, 6.45) is 0.684. The molecule has 0 aromatic heterocycles. The Morgan fingerprint density at radius 3 is 2.83 bits per heavy atom. The summed E-state index contributed by atoms with van der Waals surface area (Å²) in [5.74, 6) is -0.814. The Hall–Kier alpha value is -1.40. The van der Waals surface area contributed by atoms with E-state index in [2.05, 4.69) is 0 Å². The van der Waals surface area contributed by atoms with Gasteiger partial charge in [0, 0.05) is 12.5 Å². The van der Waals surface area contributed by atoms with E-state index in [0.717, 1.165) is 5.56 Å². The predicted octanol–water partition coefficient (Wildman–Crippen LogP) is 0.881. The smallest absolute Gasteiger partial charge is 0.303 e. The summed E-state index contributed by atoms with van der Waals surface area (Å²) < 4.78 is 23.9. The van der Waals surface area contributed by atoms with E-state index in [4.69, 9.17) is 10.8 Å². The molecular weight excluding hydrogens is 254 g/mol. The van der Waals surface area contributed by atoms with Crippen LogP contribution in [0.15, 0.2) is 23.1 Å². The molecule has 1 aromatic rings. The first-order valence-electron chi connectivity index (χ1n) is 5.74. The summed E-state index contributed by atoms with van der Waals surface area (Å²) in [5, 5.41) is 8.63. The number of fused-ring (bicyclic) bond motifs is 1. The molecule has 0 saturated carbocycles. The molecule has 3 N–H and O–H groups in total. The Bertz CT molecular complexity index is 580. The molecule has 0 radical (unpaired) electrons. The Labute approximate surface area is 106 Å². The van der Waals surface area contributed by atoms with Gasteiger partial charge in [-0.15, -0.1) is 0 Å². The van der Waals surface area contributed by atoms with Crippen LogP contribution in [0.1, 0.15) is 30.0 Å². The van der Waals surface area contributed by atoms with E-state index in [1.54, 1.807) is 18.2 Å². The lowest BCUT2D eigenvalue weighted by Gasteiger charge is -2.14. The van der Waals surface area contributed by atoms with Gasteiger partial charge in [-0.05, 0) is 24.0 Å². The van der Waals surface area contributed by atoms with Gasteiger partial charge < -0.3 is 10.8 Å². The van der Waals surface area contributed by atoms with Crippen LogP contribution in [0.2, 0.25) is 0 Å². The fourth-order valence-electron chi connectivity index (χ4n) is 2.25. The lowest BCUT2D eigenvalue weighted by Crippen LogP contribution is -2.15. The summed E-state index contributed by atoms with van der Waals surface area (Å²) in [6.45, 7) is 0. The maximum atomic E-state index is 11.9. The van der Waals surface area contributed by atoms with Gasteiger partial charge in [-0.3, -0.25) is 4.79 Å². The van der Waals surface area contributed by atoms with Crippen molar-refractivity contribution in [3.8, 4) is 0 Å². The van der Waals surface area contributed by atoms with Crippen molar-refractivity contribution in [2.45, 2.75) is 30.2 Å². The maximum absolute atomic E-state index is 11.9. The number of carboxylic acids is 1. The minimum absolute atomic E-state index is 0.0646. The number of aryl methyl sites for hydroxylation is 1. The molecule has 5 nitrogen and oxygen atoms in total. The maximum Gasteiger partial charge on any atom is 0.303 e. The molecule has 0 amide bonds. The predicted molar refractivity (Wildman–Crippen MR) is 66.0 cm³/mol. The molecule has 0 aliphatic carbocycles. The van der Waals surface area contributed by atoms with E-state index in [1.165, 1.54) is 0 Å². The molecule has 0 fully saturated rings. The van der Waals surface area contributed by atoms with Crippen molar-refractivity contribution in [2.75, 3.05) is 5.75 Å². The van der Waals surface area contributed by atoms with Gasteiger partial charge in [0.1, 0.15) is 0 Å². The van der Waals surface area contributed by atoms with Gasteiger partial charge in [0.25, 0.3) is 0 Å². The minimum Gasteiger partial charge on any atom is -0.481 e. The number of benzene rings is 1. The highest BCUT2D eigenvalue weighted by Crippen LogP contribution is 2.33. The number of carboxylic acid groups (broad SMARTS) is 1. The van der Waals surface area contributed by atoms with Crippen LogP contribution in [0.4, 0.5) is 0 Å². The molecule has 0 spiro atoms. The minimum atomic E-state index is -3.25. The van der Waals surface area contributed by atoms with Gasteiger partial charge in [0.05, 0.1) is 10.6 Å². The molecule has 0 bridgehead atoms. The van der Waals surface area contributed by atoms with Crippen LogP contribution in [0.5, 0.6) is 0 Å². The normalized spacial score (nSPS) is 18.3. The summed E-state index contributed by atoms with van der Waals surface area (Å²) in [4.78, 5) is 10.8. The van der Waals surface area contributed by atoms with E-state index in [9.17, 15) is 13.2 Å². The first kappa shape index (κ1) is 13.0. The van der Waals surface area contributed by atoms with Gasteiger partial charge in [-0.2, -0.15) is 0 Å². The summed E-state index contributed by atoms with van der Waals surface area (Å²) in [7, 11) is -3.25. The van der Waals surface area contributed by atoms with Crippen LogP contribution >= 0.6 is 0 Å². The number of nitrogens with two attached hydrogens (primary N) is 1. The molecule has 1 aliphatic heterocycles. The molecule has 1 unspecified atom stereocenters. The van der Waals surface area contributed by atoms with Crippen LogP contribution in [0.25, 0.3) is 0 Å². The second kappa shape index (κ2) is 4.70. The number of carbonyl (C=O) groups is 1. The molecule has 1 aromatic carbocycles. The van der Waals surface area contributed by atoms with Gasteiger partial charge in [-0.1, -0.05) is 18.2 Å². The fraction of sp³-hybridized carbons (Fsp3) is 0.417. The van der Waals surface area contributed by atoms with Crippen LogP contribution < -0.4 is 5.73 Å². The van der Waals surface area contributed by atoms with Crippen molar-refractivity contribution < 1.29 is 18.3 Å². The average molecular weight is 269 g/mol. The third-order valence-corrected chi connectivity index (χ3v) is 5.01. The largest absolute Gasteiger partial charge is 0.481 e. The van der Waals surface area contributed by atoms with Gasteiger partial charge in [-0.25, -0.2) is 8.42 Å². The Kier molecular flexibility index (Phi) is 3.41. The summed E-state index contributed by atoms with van der Waals surface area (Å²) in [5.41, 5.74) is 7.25. The average Bonchev–Trinajstić information content (AvgIpc) is 2.62. The zero-order valence-electron chi connectivity index (χ0n) is 9.80. The van der Waals surface area contributed by atoms with E-state index >= 15 is 0 Å². The molecular formula is C12H15NO4S. The molecule has 6 heteroatoms. The van der Waals surface area contributed by atoms with Gasteiger partial charge >= 0.3 is 5.97 Å². The molecule has 1 heterocycles. The number of aliphatic carboxylic acids is 1. The van der Waals surface area contributed by atoms with E-state index < -0.39 is 21.8 Å². The SMILES string of the molecule is NC(CCC(=O)O)c1cccc2c1S(=O)(=O)CC2. The summed E-state index contributed by atoms with van der Waals surface area (Å²) >= 11 is 0. The van der Waals surface area contributed by atoms with Crippen molar-refractivity contribution in [3.63, 3.8) is 0 Å². The first-order valence-corrected chi connectivity index (χ1v) is 7.39. The van der Waals surface area contributed by atoms with Crippen LogP contribution in [-0.2, 0) is 21.1 Å². The van der Waals surface area contributed by atoms with E-state index in [0.29, 0.717) is 16.9 Å². The lowest BCUT2D eigenvalue weighted by atomic mass is 10.00. The van der Waals surface area contributed by atoms with Crippen molar-refractivity contribution >= 4 is 15.8 Å². The number of sulfone groups is 1. The second-order valence-electron chi connectivity index (χ2n) is 4.44. The van der Waals surface area contributed by atoms with Crippen molar-refractivity contribution in [1.29, 1.82) is 0 Å². The molecule has 18 heavy (non-hydrogen) atoms. The molecule has 1 aliphatic rings. The zero-order valence-corrected chi connectivity index (χ0v) is 10.6. The highest BCUT2D eigenvalue weighted by Gasteiger charge is 2.30. The Morgan fingerprint density at radius 1 is 1.44 bits per heavy atom. The monoisotopic (exact) mass is 269 g/mol. The molecule has 1 atom stereocenters. The van der Waals surface area contributed by atoms with Crippen LogP contribution in [0, 0.1) is 0 Å². The topological polar surface area (TPSA) is 97.5 Å². The van der Waals surface area contributed by atoms with Gasteiger partial charge in [0.15, 0.2) is 9.84 Å². The fourth-order valence-corrected chi connectivity index (χ4v) is 4.09. The lowest BCUT2D eigenvalue weighted by molar-refractivity contribution is -0.137. The van der Waals surface area contributed by atoms with Crippen molar-refractivity contribution in [2.24, 2.45) is 5.73 Å². The zero-order chi connectivity index (χ0) is 13.3. The third kappa shape index (κ3) is 2.39. The molecule has 2 rings (SSSR count). The highest BCUT2D eigenvalue weighted by atomic mass is 32.2. The standard InChI is InChI=1S/C12H15NO4S/c13-10(4-5-11(14)15)9-3-1-2-8-6-7-18(16,17)12(8)9/h1-3,10H,4-7,13H2,(H,14,15). The van der Waals surface area contributed by atoms with Crippen molar-refractivity contribution in [3.05, 3.63) is 29.3 Å². The van der Waals surface area contributed by atoms with Gasteiger partial charge in [0.2, 0.25) is 0 Å².